The van der Waals surface area contributed by atoms with E-state index in [9.17, 15) is 13.2 Å². The van der Waals surface area contributed by atoms with Crippen molar-refractivity contribution in [2.45, 2.75) is 45.4 Å². The Hall–Kier alpha value is -3.12. The Morgan fingerprint density at radius 2 is 1.58 bits per heavy atom. The standard InChI is InChI=1S/C27H32N2O3S/c1-20-13-15-25(16-14-20)33(31,32)29(26-12-6-9-22(3)23(26)4)19-27(30)28-17-7-11-24-10-5-8-21(2)18-24/h5-6,8-10,12-16,18H,7,11,17,19H2,1-4H3,(H,28,30). The van der Waals surface area contributed by atoms with Gasteiger partial charge in [-0.15, -0.1) is 0 Å². The maximum absolute atomic E-state index is 13.5. The highest BCUT2D eigenvalue weighted by Gasteiger charge is 2.28. The van der Waals surface area contributed by atoms with Gasteiger partial charge in [0.25, 0.3) is 10.0 Å². The minimum absolute atomic E-state index is 0.168. The largest absolute Gasteiger partial charge is 0.355 e. The van der Waals surface area contributed by atoms with Crippen molar-refractivity contribution >= 4 is 21.6 Å². The number of rotatable bonds is 9. The third kappa shape index (κ3) is 6.23. The van der Waals surface area contributed by atoms with Crippen LogP contribution >= 0.6 is 0 Å². The molecule has 0 bridgehead atoms. The number of nitrogens with one attached hydrogen (secondary N) is 1. The van der Waals surface area contributed by atoms with Gasteiger partial charge in [-0.05, 0) is 75.4 Å². The average Bonchev–Trinajstić information content (AvgIpc) is 2.77. The van der Waals surface area contributed by atoms with Crippen LogP contribution in [0.2, 0.25) is 0 Å². The summed E-state index contributed by atoms with van der Waals surface area (Å²) in [6.07, 6.45) is 1.63. The third-order valence-electron chi connectivity index (χ3n) is 5.79. The second kappa shape index (κ2) is 10.7. The van der Waals surface area contributed by atoms with Crippen LogP contribution < -0.4 is 9.62 Å². The third-order valence-corrected chi connectivity index (χ3v) is 7.56. The molecule has 3 rings (SSSR count). The Labute approximate surface area is 197 Å². The molecular weight excluding hydrogens is 432 g/mol. The molecule has 0 spiro atoms. The Bertz CT molecular complexity index is 1220. The normalized spacial score (nSPS) is 11.3. The van der Waals surface area contributed by atoms with E-state index < -0.39 is 10.0 Å². The molecule has 1 amide bonds. The number of carbonyl (C=O) groups is 1. The summed E-state index contributed by atoms with van der Waals surface area (Å²) in [5, 5.41) is 2.89. The van der Waals surface area contributed by atoms with Gasteiger partial charge in [-0.3, -0.25) is 9.10 Å². The van der Waals surface area contributed by atoms with Crippen LogP contribution in [0.25, 0.3) is 0 Å². The summed E-state index contributed by atoms with van der Waals surface area (Å²) in [6.45, 7) is 7.98. The van der Waals surface area contributed by atoms with E-state index in [0.717, 1.165) is 29.5 Å². The number of amides is 1. The molecular formula is C27H32N2O3S. The first-order chi connectivity index (χ1) is 15.7. The predicted molar refractivity (Wildman–Crippen MR) is 134 cm³/mol. The average molecular weight is 465 g/mol. The van der Waals surface area contributed by atoms with Gasteiger partial charge in [0.2, 0.25) is 5.91 Å². The van der Waals surface area contributed by atoms with Crippen molar-refractivity contribution in [1.82, 2.24) is 5.32 Å². The maximum atomic E-state index is 13.5. The smallest absolute Gasteiger partial charge is 0.264 e. The topological polar surface area (TPSA) is 66.5 Å². The van der Waals surface area contributed by atoms with Crippen LogP contribution in [0.4, 0.5) is 5.69 Å². The van der Waals surface area contributed by atoms with Crippen molar-refractivity contribution in [2.24, 2.45) is 0 Å². The van der Waals surface area contributed by atoms with E-state index in [-0.39, 0.29) is 17.3 Å². The Balaban J connectivity index is 1.76. The summed E-state index contributed by atoms with van der Waals surface area (Å²) in [4.78, 5) is 13.0. The van der Waals surface area contributed by atoms with Gasteiger partial charge in [0.1, 0.15) is 6.54 Å². The minimum atomic E-state index is -3.91. The molecule has 0 heterocycles. The van der Waals surface area contributed by atoms with Gasteiger partial charge in [-0.25, -0.2) is 8.42 Å². The van der Waals surface area contributed by atoms with Crippen LogP contribution in [0.1, 0.15) is 34.2 Å². The number of aryl methyl sites for hydroxylation is 4. The number of anilines is 1. The molecule has 0 saturated heterocycles. The molecule has 0 atom stereocenters. The second-order valence-electron chi connectivity index (χ2n) is 8.49. The molecule has 6 heteroatoms. The number of benzene rings is 3. The van der Waals surface area contributed by atoms with Crippen molar-refractivity contribution in [3.05, 3.63) is 94.5 Å². The van der Waals surface area contributed by atoms with Crippen LogP contribution in [0.15, 0.2) is 71.6 Å². The summed E-state index contributed by atoms with van der Waals surface area (Å²) in [6, 6.07) is 20.5. The van der Waals surface area contributed by atoms with Gasteiger partial charge in [0.05, 0.1) is 10.6 Å². The van der Waals surface area contributed by atoms with Crippen LogP contribution in [-0.4, -0.2) is 27.4 Å². The lowest BCUT2D eigenvalue weighted by molar-refractivity contribution is -0.119. The fourth-order valence-corrected chi connectivity index (χ4v) is 5.20. The van der Waals surface area contributed by atoms with Gasteiger partial charge in [0, 0.05) is 6.54 Å². The van der Waals surface area contributed by atoms with E-state index in [2.05, 4.69) is 30.4 Å². The first-order valence-corrected chi connectivity index (χ1v) is 12.6. The first-order valence-electron chi connectivity index (χ1n) is 11.2. The summed E-state index contributed by atoms with van der Waals surface area (Å²) >= 11 is 0. The molecule has 0 radical (unpaired) electrons. The second-order valence-corrected chi connectivity index (χ2v) is 10.3. The van der Waals surface area contributed by atoms with Crippen LogP contribution in [0.3, 0.4) is 0 Å². The lowest BCUT2D eigenvalue weighted by Crippen LogP contribution is -2.41. The molecule has 0 saturated carbocycles. The molecule has 5 nitrogen and oxygen atoms in total. The number of hydrogen-bond acceptors (Lipinski definition) is 3. The summed E-state index contributed by atoms with van der Waals surface area (Å²) in [7, 11) is -3.91. The van der Waals surface area contributed by atoms with Gasteiger partial charge in [-0.2, -0.15) is 0 Å². The number of nitrogens with zero attached hydrogens (tertiary/aromatic N) is 1. The van der Waals surface area contributed by atoms with Gasteiger partial charge in [-0.1, -0.05) is 59.7 Å². The highest BCUT2D eigenvalue weighted by molar-refractivity contribution is 7.92. The van der Waals surface area contributed by atoms with Crippen LogP contribution in [0, 0.1) is 27.7 Å². The SMILES string of the molecule is Cc1ccc(S(=O)(=O)N(CC(=O)NCCCc2cccc(C)c2)c2cccc(C)c2C)cc1. The van der Waals surface area contributed by atoms with Gasteiger partial charge in [0.15, 0.2) is 0 Å². The van der Waals surface area contributed by atoms with E-state index >= 15 is 0 Å². The monoisotopic (exact) mass is 464 g/mol. The van der Waals surface area contributed by atoms with E-state index in [1.54, 1.807) is 30.3 Å². The van der Waals surface area contributed by atoms with E-state index in [0.29, 0.717) is 12.2 Å². The molecule has 0 aromatic heterocycles. The highest BCUT2D eigenvalue weighted by Crippen LogP contribution is 2.28. The number of sulfonamides is 1. The molecule has 33 heavy (non-hydrogen) atoms. The zero-order valence-corrected chi connectivity index (χ0v) is 20.6. The summed E-state index contributed by atoms with van der Waals surface area (Å²) in [5.41, 5.74) is 5.73. The lowest BCUT2D eigenvalue weighted by atomic mass is 10.1. The molecule has 0 aliphatic heterocycles. The highest BCUT2D eigenvalue weighted by atomic mass is 32.2. The molecule has 1 N–H and O–H groups in total. The number of hydrogen-bond donors (Lipinski definition) is 1. The predicted octanol–water partition coefficient (Wildman–Crippen LogP) is 4.86. The summed E-state index contributed by atoms with van der Waals surface area (Å²) < 4.78 is 28.3. The minimum Gasteiger partial charge on any atom is -0.355 e. The zero-order valence-electron chi connectivity index (χ0n) is 19.8. The molecule has 3 aromatic carbocycles. The Morgan fingerprint density at radius 3 is 2.27 bits per heavy atom. The van der Waals surface area contributed by atoms with Crippen molar-refractivity contribution in [3.63, 3.8) is 0 Å². The summed E-state index contributed by atoms with van der Waals surface area (Å²) in [5.74, 6) is -0.323. The van der Waals surface area contributed by atoms with Crippen molar-refractivity contribution in [3.8, 4) is 0 Å². The molecule has 0 fully saturated rings. The van der Waals surface area contributed by atoms with Gasteiger partial charge >= 0.3 is 0 Å². The Kier molecular flexibility index (Phi) is 7.92. The van der Waals surface area contributed by atoms with Gasteiger partial charge < -0.3 is 5.32 Å². The van der Waals surface area contributed by atoms with Crippen molar-refractivity contribution in [1.29, 1.82) is 0 Å². The van der Waals surface area contributed by atoms with Crippen LogP contribution in [0.5, 0.6) is 0 Å². The van der Waals surface area contributed by atoms with Crippen molar-refractivity contribution < 1.29 is 13.2 Å². The molecule has 0 unspecified atom stereocenters. The van der Waals surface area contributed by atoms with Crippen LogP contribution in [-0.2, 0) is 21.2 Å². The lowest BCUT2D eigenvalue weighted by Gasteiger charge is -2.26. The quantitative estimate of drug-likeness (QED) is 0.460. The van der Waals surface area contributed by atoms with Crippen molar-refractivity contribution in [2.75, 3.05) is 17.4 Å². The fourth-order valence-electron chi connectivity index (χ4n) is 3.72. The molecule has 0 aliphatic rings. The van der Waals surface area contributed by atoms with E-state index in [4.69, 9.17) is 0 Å². The first kappa shape index (κ1) is 24.5. The van der Waals surface area contributed by atoms with E-state index in [1.165, 1.54) is 15.4 Å². The molecule has 0 aliphatic carbocycles. The maximum Gasteiger partial charge on any atom is 0.264 e. The van der Waals surface area contributed by atoms with E-state index in [1.807, 2.05) is 39.0 Å². The Morgan fingerprint density at radius 1 is 0.879 bits per heavy atom. The molecule has 3 aromatic rings. The molecule has 174 valence electrons. The zero-order chi connectivity index (χ0) is 24.0. The number of carbonyl (C=O) groups excluding carboxylic acids is 1. The fraction of sp³-hybridized carbons (Fsp3) is 0.296.